The van der Waals surface area contributed by atoms with E-state index < -0.39 is 17.2 Å². The SMILES string of the molecule is O=C(C1CCN(c2cnn(-c3ccc(F)cc3F)c(=O)c2Cl)CC1)N1CCCCC1. The first kappa shape index (κ1) is 20.8. The van der Waals surface area contributed by atoms with Gasteiger partial charge in [0, 0.05) is 38.2 Å². The van der Waals surface area contributed by atoms with Gasteiger partial charge in [-0.25, -0.2) is 8.78 Å². The van der Waals surface area contributed by atoms with Crippen molar-refractivity contribution < 1.29 is 13.6 Å². The second-order valence-corrected chi connectivity index (χ2v) is 8.18. The van der Waals surface area contributed by atoms with Crippen molar-refractivity contribution in [3.8, 4) is 5.69 Å². The normalized spacial score (nSPS) is 18.0. The maximum atomic E-state index is 14.0. The number of carbonyl (C=O) groups excluding carboxylic acids is 1. The molecule has 0 aliphatic carbocycles. The molecule has 2 aromatic rings. The Labute approximate surface area is 178 Å². The van der Waals surface area contributed by atoms with Gasteiger partial charge < -0.3 is 9.80 Å². The van der Waals surface area contributed by atoms with Gasteiger partial charge in [-0.05, 0) is 44.2 Å². The predicted molar refractivity (Wildman–Crippen MR) is 110 cm³/mol. The van der Waals surface area contributed by atoms with Crippen molar-refractivity contribution in [2.45, 2.75) is 32.1 Å². The standard InChI is InChI=1S/C21H23ClF2N4O2/c22-19-18(13-25-28(21(19)30)17-5-4-15(23)12-16(17)24)26-10-6-14(7-11-26)20(29)27-8-2-1-3-9-27/h4-5,12-14H,1-3,6-11H2. The van der Waals surface area contributed by atoms with Gasteiger partial charge in [-0.3, -0.25) is 9.59 Å². The van der Waals surface area contributed by atoms with Crippen LogP contribution in [0.4, 0.5) is 14.5 Å². The van der Waals surface area contributed by atoms with Gasteiger partial charge in [0.25, 0.3) is 5.56 Å². The fourth-order valence-electron chi connectivity index (χ4n) is 4.21. The summed E-state index contributed by atoms with van der Waals surface area (Å²) in [4.78, 5) is 29.3. The monoisotopic (exact) mass is 436 g/mol. The molecule has 1 aromatic heterocycles. The lowest BCUT2D eigenvalue weighted by molar-refractivity contribution is -0.137. The molecule has 0 saturated carbocycles. The van der Waals surface area contributed by atoms with Gasteiger partial charge in [-0.1, -0.05) is 11.6 Å². The van der Waals surface area contributed by atoms with Crippen LogP contribution in [0.5, 0.6) is 0 Å². The molecule has 1 amide bonds. The summed E-state index contributed by atoms with van der Waals surface area (Å²) in [7, 11) is 0. The number of hydrogen-bond acceptors (Lipinski definition) is 4. The quantitative estimate of drug-likeness (QED) is 0.740. The maximum absolute atomic E-state index is 14.0. The van der Waals surface area contributed by atoms with Crippen LogP contribution in [0.25, 0.3) is 5.69 Å². The zero-order valence-electron chi connectivity index (χ0n) is 16.5. The highest BCUT2D eigenvalue weighted by atomic mass is 35.5. The van der Waals surface area contributed by atoms with Crippen LogP contribution in [0.2, 0.25) is 5.02 Å². The Morgan fingerprint density at radius 3 is 2.40 bits per heavy atom. The summed E-state index contributed by atoms with van der Waals surface area (Å²) >= 11 is 6.30. The Morgan fingerprint density at radius 1 is 1.03 bits per heavy atom. The molecule has 1 aromatic carbocycles. The third-order valence-corrected chi connectivity index (χ3v) is 6.25. The van der Waals surface area contributed by atoms with Gasteiger partial charge in [-0.15, -0.1) is 0 Å². The van der Waals surface area contributed by atoms with E-state index in [1.165, 1.54) is 12.6 Å². The van der Waals surface area contributed by atoms with E-state index in [4.69, 9.17) is 11.6 Å². The molecule has 6 nitrogen and oxygen atoms in total. The largest absolute Gasteiger partial charge is 0.369 e. The number of anilines is 1. The van der Waals surface area contributed by atoms with E-state index in [0.717, 1.165) is 42.7 Å². The fourth-order valence-corrected chi connectivity index (χ4v) is 4.46. The minimum Gasteiger partial charge on any atom is -0.369 e. The van der Waals surface area contributed by atoms with Crippen molar-refractivity contribution in [2.75, 3.05) is 31.1 Å². The maximum Gasteiger partial charge on any atom is 0.292 e. The summed E-state index contributed by atoms with van der Waals surface area (Å²) in [6, 6.07) is 2.89. The highest BCUT2D eigenvalue weighted by Gasteiger charge is 2.30. The minimum absolute atomic E-state index is 0.0141. The zero-order valence-corrected chi connectivity index (χ0v) is 17.2. The van der Waals surface area contributed by atoms with E-state index in [-0.39, 0.29) is 22.5 Å². The smallest absolute Gasteiger partial charge is 0.292 e. The van der Waals surface area contributed by atoms with Gasteiger partial charge in [0.1, 0.15) is 16.5 Å². The lowest BCUT2D eigenvalue weighted by Crippen LogP contribution is -2.44. The van der Waals surface area contributed by atoms with Crippen LogP contribution < -0.4 is 10.5 Å². The summed E-state index contributed by atoms with van der Waals surface area (Å²) in [6.45, 7) is 2.85. The number of hydrogen-bond donors (Lipinski definition) is 0. The number of likely N-dealkylation sites (tertiary alicyclic amines) is 1. The Hall–Kier alpha value is -2.48. The summed E-state index contributed by atoms with van der Waals surface area (Å²) in [5.41, 5.74) is -0.379. The van der Waals surface area contributed by atoms with Gasteiger partial charge in [0.05, 0.1) is 11.9 Å². The van der Waals surface area contributed by atoms with Crippen molar-refractivity contribution in [3.63, 3.8) is 0 Å². The first-order chi connectivity index (χ1) is 14.5. The van der Waals surface area contributed by atoms with Crippen LogP contribution in [0.3, 0.4) is 0 Å². The summed E-state index contributed by atoms with van der Waals surface area (Å²) in [5, 5.41) is 3.97. The Morgan fingerprint density at radius 2 is 1.73 bits per heavy atom. The number of carbonyl (C=O) groups is 1. The number of nitrogens with zero attached hydrogens (tertiary/aromatic N) is 4. The van der Waals surface area contributed by atoms with Gasteiger partial charge in [-0.2, -0.15) is 9.78 Å². The zero-order chi connectivity index (χ0) is 21.3. The van der Waals surface area contributed by atoms with Crippen molar-refractivity contribution in [1.29, 1.82) is 0 Å². The first-order valence-corrected chi connectivity index (χ1v) is 10.6. The molecule has 0 spiro atoms. The molecule has 2 aliphatic heterocycles. The Kier molecular flexibility index (Phi) is 6.04. The molecular weight excluding hydrogens is 414 g/mol. The molecule has 2 saturated heterocycles. The van der Waals surface area contributed by atoms with E-state index in [9.17, 15) is 18.4 Å². The van der Waals surface area contributed by atoms with Crippen LogP contribution in [0.15, 0.2) is 29.2 Å². The third-order valence-electron chi connectivity index (χ3n) is 5.89. The Balaban J connectivity index is 1.48. The average molecular weight is 437 g/mol. The van der Waals surface area contributed by atoms with E-state index in [1.54, 1.807) is 0 Å². The van der Waals surface area contributed by atoms with Gasteiger partial charge in [0.15, 0.2) is 5.82 Å². The van der Waals surface area contributed by atoms with Crippen molar-refractivity contribution in [3.05, 3.63) is 51.4 Å². The van der Waals surface area contributed by atoms with E-state index in [2.05, 4.69) is 5.10 Å². The number of amides is 1. The molecule has 3 heterocycles. The third kappa shape index (κ3) is 4.05. The highest BCUT2D eigenvalue weighted by molar-refractivity contribution is 6.33. The fraction of sp³-hybridized carbons (Fsp3) is 0.476. The van der Waals surface area contributed by atoms with Crippen molar-refractivity contribution >= 4 is 23.2 Å². The van der Waals surface area contributed by atoms with Crippen LogP contribution in [0, 0.1) is 17.6 Å². The molecule has 0 bridgehead atoms. The van der Waals surface area contributed by atoms with Crippen molar-refractivity contribution in [1.82, 2.24) is 14.7 Å². The first-order valence-electron chi connectivity index (χ1n) is 10.2. The lowest BCUT2D eigenvalue weighted by atomic mass is 9.94. The highest BCUT2D eigenvalue weighted by Crippen LogP contribution is 2.29. The molecule has 160 valence electrons. The molecule has 4 rings (SSSR count). The molecule has 0 radical (unpaired) electrons. The number of piperidine rings is 2. The van der Waals surface area contributed by atoms with E-state index >= 15 is 0 Å². The van der Waals surface area contributed by atoms with Crippen LogP contribution in [0.1, 0.15) is 32.1 Å². The molecular formula is C21H23ClF2N4O2. The number of halogens is 3. The van der Waals surface area contributed by atoms with Crippen LogP contribution in [-0.2, 0) is 4.79 Å². The average Bonchev–Trinajstić information content (AvgIpc) is 2.76. The molecule has 30 heavy (non-hydrogen) atoms. The van der Waals surface area contributed by atoms with Gasteiger partial charge >= 0.3 is 0 Å². The number of benzene rings is 1. The predicted octanol–water partition coefficient (Wildman–Crippen LogP) is 3.39. The second kappa shape index (κ2) is 8.71. The molecule has 2 fully saturated rings. The number of rotatable bonds is 3. The molecule has 2 aliphatic rings. The lowest BCUT2D eigenvalue weighted by Gasteiger charge is -2.36. The molecule has 0 N–H and O–H groups in total. The van der Waals surface area contributed by atoms with Crippen LogP contribution in [-0.4, -0.2) is 46.8 Å². The summed E-state index contributed by atoms with van der Waals surface area (Å²) in [5.74, 6) is -1.43. The molecule has 9 heteroatoms. The van der Waals surface area contributed by atoms with E-state index in [1.807, 2.05) is 9.80 Å². The molecule has 0 atom stereocenters. The summed E-state index contributed by atoms with van der Waals surface area (Å²) in [6.07, 6.45) is 6.09. The van der Waals surface area contributed by atoms with E-state index in [0.29, 0.717) is 37.7 Å². The molecule has 0 unspecified atom stereocenters. The summed E-state index contributed by atoms with van der Waals surface area (Å²) < 4.78 is 28.0. The second-order valence-electron chi connectivity index (χ2n) is 7.80. The topological polar surface area (TPSA) is 58.4 Å². The van der Waals surface area contributed by atoms with Crippen LogP contribution >= 0.6 is 11.6 Å². The van der Waals surface area contributed by atoms with Gasteiger partial charge in [0.2, 0.25) is 5.91 Å². The Bertz CT molecular complexity index is 999. The number of aromatic nitrogens is 2. The van der Waals surface area contributed by atoms with Crippen molar-refractivity contribution in [2.24, 2.45) is 5.92 Å². The minimum atomic E-state index is -0.898.